The van der Waals surface area contributed by atoms with E-state index in [1.807, 2.05) is 6.07 Å². The highest BCUT2D eigenvalue weighted by Gasteiger charge is 2.48. The molecule has 0 spiro atoms. The van der Waals surface area contributed by atoms with Gasteiger partial charge in [0, 0.05) is 6.42 Å². The van der Waals surface area contributed by atoms with E-state index in [1.54, 1.807) is 18.2 Å². The summed E-state index contributed by atoms with van der Waals surface area (Å²) in [5.74, 6) is 0. The van der Waals surface area contributed by atoms with Gasteiger partial charge in [0.25, 0.3) is 0 Å². The minimum atomic E-state index is -3.73. The molecule has 1 aromatic rings. The van der Waals surface area contributed by atoms with Gasteiger partial charge in [-0.05, 0) is 31.4 Å². The smallest absolute Gasteiger partial charge is 0.197 e. The van der Waals surface area contributed by atoms with Crippen molar-refractivity contribution in [3.05, 3.63) is 30.3 Å². The first-order valence-corrected chi connectivity index (χ1v) is 7.39. The van der Waals surface area contributed by atoms with E-state index in [0.717, 1.165) is 0 Å². The van der Waals surface area contributed by atoms with Crippen LogP contribution in [0, 0.1) is 11.3 Å². The average molecular weight is 265 g/mol. The predicted octanol–water partition coefficient (Wildman–Crippen LogP) is 1.66. The van der Waals surface area contributed by atoms with Crippen molar-refractivity contribution in [2.24, 2.45) is 0 Å². The van der Waals surface area contributed by atoms with E-state index in [1.165, 1.54) is 12.1 Å². The Balaban J connectivity index is 2.48. The van der Waals surface area contributed by atoms with Crippen LogP contribution in [-0.4, -0.2) is 24.4 Å². The molecule has 0 saturated heterocycles. The minimum absolute atomic E-state index is 0.000722. The maximum absolute atomic E-state index is 12.6. The Morgan fingerprint density at radius 3 is 2.56 bits per heavy atom. The molecule has 0 bridgehead atoms. The molecule has 0 aliphatic heterocycles. The Morgan fingerprint density at radius 2 is 2.00 bits per heavy atom. The third-order valence-electron chi connectivity index (χ3n) is 3.45. The zero-order valence-electron chi connectivity index (χ0n) is 9.91. The van der Waals surface area contributed by atoms with Crippen molar-refractivity contribution in [2.75, 3.05) is 0 Å². The van der Waals surface area contributed by atoms with Crippen molar-refractivity contribution in [1.29, 1.82) is 5.26 Å². The molecule has 96 valence electrons. The van der Waals surface area contributed by atoms with Gasteiger partial charge in [-0.15, -0.1) is 0 Å². The van der Waals surface area contributed by atoms with Gasteiger partial charge in [0.1, 0.15) is 0 Å². The summed E-state index contributed by atoms with van der Waals surface area (Å²) in [6.07, 6.45) is 0.699. The lowest BCUT2D eigenvalue weighted by Crippen LogP contribution is -2.43. The first-order chi connectivity index (χ1) is 8.52. The van der Waals surface area contributed by atoms with Crippen LogP contribution in [0.5, 0.6) is 0 Å². The normalized spacial score (nSPS) is 28.6. The molecule has 0 heterocycles. The molecule has 5 heteroatoms. The lowest BCUT2D eigenvalue weighted by molar-refractivity contribution is 0.120. The van der Waals surface area contributed by atoms with E-state index in [-0.39, 0.29) is 17.7 Å². The van der Waals surface area contributed by atoms with Crippen LogP contribution in [0.2, 0.25) is 0 Å². The van der Waals surface area contributed by atoms with Crippen molar-refractivity contribution in [3.63, 3.8) is 0 Å². The van der Waals surface area contributed by atoms with Gasteiger partial charge in [0.15, 0.2) is 14.6 Å². The molecule has 1 aromatic carbocycles. The number of nitriles is 1. The number of hydrogen-bond donors (Lipinski definition) is 1. The van der Waals surface area contributed by atoms with Crippen molar-refractivity contribution in [1.82, 2.24) is 0 Å². The van der Waals surface area contributed by atoms with Gasteiger partial charge in [0.05, 0.1) is 17.1 Å². The summed E-state index contributed by atoms with van der Waals surface area (Å²) in [4.78, 5) is 0.153. The van der Waals surface area contributed by atoms with Crippen LogP contribution in [0.15, 0.2) is 35.2 Å². The topological polar surface area (TPSA) is 78.2 Å². The Labute approximate surface area is 107 Å². The van der Waals surface area contributed by atoms with Gasteiger partial charge in [-0.2, -0.15) is 5.26 Å². The summed E-state index contributed by atoms with van der Waals surface area (Å²) < 4.78 is 23.6. The van der Waals surface area contributed by atoms with Gasteiger partial charge in [-0.25, -0.2) is 8.42 Å². The second-order valence-electron chi connectivity index (χ2n) is 4.67. The Hall–Kier alpha value is -1.38. The molecule has 1 aliphatic rings. The highest BCUT2D eigenvalue weighted by atomic mass is 32.2. The van der Waals surface area contributed by atoms with Crippen molar-refractivity contribution >= 4 is 9.84 Å². The second kappa shape index (κ2) is 4.71. The summed E-state index contributed by atoms with van der Waals surface area (Å²) in [6, 6.07) is 9.93. The largest absolute Gasteiger partial charge is 0.393 e. The van der Waals surface area contributed by atoms with Gasteiger partial charge < -0.3 is 5.11 Å². The van der Waals surface area contributed by atoms with Crippen molar-refractivity contribution in [2.45, 2.75) is 41.4 Å². The van der Waals surface area contributed by atoms with Crippen molar-refractivity contribution < 1.29 is 13.5 Å². The van der Waals surface area contributed by atoms with E-state index < -0.39 is 20.7 Å². The molecule has 0 aromatic heterocycles. The number of nitrogens with zero attached hydrogens (tertiary/aromatic N) is 1. The molecule has 0 amide bonds. The van der Waals surface area contributed by atoms with Crippen LogP contribution in [0.1, 0.15) is 25.7 Å². The van der Waals surface area contributed by atoms with Crippen LogP contribution in [-0.2, 0) is 9.84 Å². The highest BCUT2D eigenvalue weighted by Crippen LogP contribution is 2.38. The van der Waals surface area contributed by atoms with Gasteiger partial charge >= 0.3 is 0 Å². The third kappa shape index (κ3) is 2.02. The number of rotatable bonds is 2. The molecule has 1 fully saturated rings. The van der Waals surface area contributed by atoms with E-state index in [2.05, 4.69) is 0 Å². The lowest BCUT2D eigenvalue weighted by atomic mass is 9.87. The molecule has 0 radical (unpaired) electrons. The maximum atomic E-state index is 12.6. The number of sulfone groups is 1. The predicted molar refractivity (Wildman–Crippen MR) is 66.4 cm³/mol. The molecule has 2 unspecified atom stereocenters. The fraction of sp³-hybridized carbons (Fsp3) is 0.462. The number of benzene rings is 1. The molecular weight excluding hydrogens is 250 g/mol. The molecule has 2 atom stereocenters. The first-order valence-electron chi connectivity index (χ1n) is 5.91. The zero-order valence-corrected chi connectivity index (χ0v) is 10.7. The van der Waals surface area contributed by atoms with E-state index in [0.29, 0.717) is 12.8 Å². The molecule has 4 nitrogen and oxygen atoms in total. The lowest BCUT2D eigenvalue weighted by Gasteiger charge is -2.32. The monoisotopic (exact) mass is 265 g/mol. The number of hydrogen-bond acceptors (Lipinski definition) is 4. The van der Waals surface area contributed by atoms with Crippen LogP contribution in [0.3, 0.4) is 0 Å². The van der Waals surface area contributed by atoms with Gasteiger partial charge in [0.2, 0.25) is 0 Å². The summed E-state index contributed by atoms with van der Waals surface area (Å²) in [5.41, 5.74) is 0. The molecule has 2 rings (SSSR count). The van der Waals surface area contributed by atoms with Crippen molar-refractivity contribution in [3.8, 4) is 6.07 Å². The quantitative estimate of drug-likeness (QED) is 0.882. The zero-order chi connectivity index (χ0) is 13.2. The van der Waals surface area contributed by atoms with Crippen LogP contribution in [0.25, 0.3) is 0 Å². The summed E-state index contributed by atoms with van der Waals surface area (Å²) in [7, 11) is -3.73. The van der Waals surface area contributed by atoms with Gasteiger partial charge in [-0.1, -0.05) is 18.2 Å². The fourth-order valence-electron chi connectivity index (χ4n) is 2.44. The van der Waals surface area contributed by atoms with Crippen LogP contribution < -0.4 is 0 Å². The van der Waals surface area contributed by atoms with Gasteiger partial charge in [-0.3, -0.25) is 0 Å². The maximum Gasteiger partial charge on any atom is 0.197 e. The second-order valence-corrected chi connectivity index (χ2v) is 6.93. The fourth-order valence-corrected chi connectivity index (χ4v) is 4.35. The highest BCUT2D eigenvalue weighted by molar-refractivity contribution is 7.93. The molecule has 1 aliphatic carbocycles. The summed E-state index contributed by atoms with van der Waals surface area (Å²) in [6.45, 7) is 0. The third-order valence-corrected chi connectivity index (χ3v) is 5.84. The van der Waals surface area contributed by atoms with E-state index >= 15 is 0 Å². The minimum Gasteiger partial charge on any atom is -0.393 e. The Kier molecular flexibility index (Phi) is 3.42. The van der Waals surface area contributed by atoms with E-state index in [9.17, 15) is 18.8 Å². The Morgan fingerprint density at radius 1 is 1.33 bits per heavy atom. The summed E-state index contributed by atoms with van der Waals surface area (Å²) in [5, 5.41) is 19.0. The molecule has 18 heavy (non-hydrogen) atoms. The molecule has 1 saturated carbocycles. The number of aliphatic hydroxyl groups excluding tert-OH is 1. The molecular formula is C13H15NO3S. The first kappa shape index (κ1) is 13.1. The SMILES string of the molecule is N#CC1(S(=O)(=O)c2ccccc2)CCCC(O)C1. The van der Waals surface area contributed by atoms with Crippen LogP contribution >= 0.6 is 0 Å². The standard InChI is InChI=1S/C13H15NO3S/c14-10-13(8-4-5-11(15)9-13)18(16,17)12-6-2-1-3-7-12/h1-3,6-7,11,15H,4-5,8-9H2. The average Bonchev–Trinajstić information content (AvgIpc) is 2.39. The summed E-state index contributed by atoms with van der Waals surface area (Å²) >= 11 is 0. The Bertz CT molecular complexity index is 562. The van der Waals surface area contributed by atoms with Crippen LogP contribution in [0.4, 0.5) is 0 Å². The molecule has 1 N–H and O–H groups in total. The number of aliphatic hydroxyl groups is 1. The van der Waals surface area contributed by atoms with E-state index in [4.69, 9.17) is 0 Å².